The number of phenolic OH excluding ortho intramolecular Hbond substituents is 1. The fourth-order valence-corrected chi connectivity index (χ4v) is 6.51. The number of fused-ring (bicyclic) bond motifs is 2. The topological polar surface area (TPSA) is 315 Å². The van der Waals surface area contributed by atoms with Crippen molar-refractivity contribution < 1.29 is 90.4 Å². The number of amides is 3. The molecule has 6 atom stereocenters. The van der Waals surface area contributed by atoms with Crippen LogP contribution in [0, 0.1) is 0 Å². The molecule has 1 aromatic carbocycles. The van der Waals surface area contributed by atoms with Crippen LogP contribution >= 0.6 is 11.8 Å². The molecule has 46 heavy (non-hydrogen) atoms. The monoisotopic (exact) mass is 751 g/mol. The predicted molar refractivity (Wildman–Crippen MR) is 156 cm³/mol. The van der Waals surface area contributed by atoms with Crippen LogP contribution in [-0.2, 0) is 28.7 Å². The van der Waals surface area contributed by atoms with Crippen molar-refractivity contribution in [2.24, 2.45) is 5.73 Å². The minimum atomic E-state index is -1.14. The first-order valence-electron chi connectivity index (χ1n) is 11.9. The molecule has 4 saturated heterocycles. The second-order valence-electron chi connectivity index (χ2n) is 9.76. The number of thioether (sulfide) groups is 1. The first kappa shape index (κ1) is 51.9. The summed E-state index contributed by atoms with van der Waals surface area (Å²) in [6.45, 7) is 3.24. The molecule has 0 bridgehead atoms. The fourth-order valence-electron chi connectivity index (χ4n) is 4.88. The standard InChI is InChI=1S/C16H19N3O5S.C8H9NO5.2ClH.K.Mg.3H2O/c1-16(2)11(15(23)24)19-13(22)10(14(19)25-16)18-12(21)9(17)7-3-5-8(20)6-4-7;10-2-1-4-7(8(12)13)9-5(11)3-6(9)14-4;;;;;;;/h3-6,9-11,14,20H,17H2,1-2H3,(H,18,21)(H,23,24);1,6-7,10H,2-3H2,(H,12,13);2*1H;;;3*1H2/q;;;;;+2;;;/p-2/b;4-1-;;;;;;;/t9-,10-,11+,14-;6-,7-;;;;;;;/m11......./s1. The molecule has 0 spiro atoms. The van der Waals surface area contributed by atoms with Crippen LogP contribution < -0.4 is 35.9 Å². The van der Waals surface area contributed by atoms with Gasteiger partial charge < -0.3 is 82.4 Å². The predicted octanol–water partition coefficient (Wildman–Crippen LogP) is -10.3. The molecule has 4 fully saturated rings. The maximum atomic E-state index is 12.3. The average molecular weight is 753 g/mol. The van der Waals surface area contributed by atoms with Gasteiger partial charge in [-0.15, -0.1) is 11.8 Å². The number of aliphatic hydroxyl groups is 1. The molecular formula is C24H34Cl2KMgN4O13S. The normalized spacial score (nSPS) is 25.1. The van der Waals surface area contributed by atoms with Gasteiger partial charge in [0.15, 0.2) is 12.3 Å². The second-order valence-corrected chi connectivity index (χ2v) is 11.5. The number of carboxylic acids is 2. The van der Waals surface area contributed by atoms with E-state index in [0.29, 0.717) is 5.56 Å². The quantitative estimate of drug-likeness (QED) is 0.117. The maximum Gasteiger partial charge on any atom is 2.00 e. The van der Waals surface area contributed by atoms with Gasteiger partial charge in [0.1, 0.15) is 35.0 Å². The first-order valence-corrected chi connectivity index (χ1v) is 12.8. The minimum Gasteiger partial charge on any atom is -1.00 e. The van der Waals surface area contributed by atoms with Gasteiger partial charge in [0.2, 0.25) is 17.7 Å². The van der Waals surface area contributed by atoms with Gasteiger partial charge in [-0.2, -0.15) is 0 Å². The molecule has 0 saturated carbocycles. The molecule has 0 aromatic heterocycles. The number of aliphatic hydroxyl groups excluding tert-OH is 1. The summed E-state index contributed by atoms with van der Waals surface area (Å²) in [7, 11) is 0. The Morgan fingerprint density at radius 1 is 1.09 bits per heavy atom. The number of carbonyl (C=O) groups excluding carboxylic acids is 3. The van der Waals surface area contributed by atoms with Gasteiger partial charge in [-0.05, 0) is 37.6 Å². The Kier molecular flexibility index (Phi) is 23.1. The van der Waals surface area contributed by atoms with E-state index in [0.717, 1.165) is 0 Å². The zero-order valence-corrected chi connectivity index (χ0v) is 31.7. The molecule has 4 aliphatic heterocycles. The van der Waals surface area contributed by atoms with Crippen molar-refractivity contribution in [1.29, 1.82) is 0 Å². The Balaban J connectivity index is -0.000000368. The number of nitrogens with one attached hydrogen (secondary N) is 1. The number of nitrogens with zero attached hydrogens (tertiary/aromatic N) is 2. The van der Waals surface area contributed by atoms with Gasteiger partial charge in [-0.1, -0.05) is 12.1 Å². The molecule has 0 aliphatic carbocycles. The molecule has 1 radical (unpaired) electrons. The van der Waals surface area contributed by atoms with Crippen LogP contribution in [0.25, 0.3) is 0 Å². The Hall–Kier alpha value is -0.957. The summed E-state index contributed by atoms with van der Waals surface area (Å²) >= 11 is 1.35. The van der Waals surface area contributed by atoms with E-state index in [2.05, 4.69) is 5.32 Å². The van der Waals surface area contributed by atoms with Crippen molar-refractivity contribution in [2.75, 3.05) is 6.61 Å². The molecule has 251 valence electrons. The van der Waals surface area contributed by atoms with Crippen molar-refractivity contribution in [3.05, 3.63) is 41.7 Å². The van der Waals surface area contributed by atoms with E-state index in [1.54, 1.807) is 13.8 Å². The van der Waals surface area contributed by atoms with E-state index in [4.69, 9.17) is 20.7 Å². The number of carboxylic acid groups (broad SMARTS) is 2. The van der Waals surface area contributed by atoms with E-state index >= 15 is 0 Å². The summed E-state index contributed by atoms with van der Waals surface area (Å²) in [6.07, 6.45) is 1.03. The average Bonchev–Trinajstić information content (AvgIpc) is 3.31. The van der Waals surface area contributed by atoms with Crippen molar-refractivity contribution in [2.45, 2.75) is 60.8 Å². The Labute approximate surface area is 338 Å². The number of carbonyl (C=O) groups is 5. The number of ether oxygens (including phenoxy) is 1. The summed E-state index contributed by atoms with van der Waals surface area (Å²) in [6, 6.07) is 2.14. The maximum absolute atomic E-state index is 12.3. The molecule has 17 nitrogen and oxygen atoms in total. The van der Waals surface area contributed by atoms with E-state index in [1.165, 1.54) is 51.9 Å². The van der Waals surface area contributed by atoms with E-state index in [9.17, 15) is 34.2 Å². The van der Waals surface area contributed by atoms with Gasteiger partial charge in [0, 0.05) is 56.1 Å². The molecule has 4 aliphatic rings. The zero-order chi connectivity index (χ0) is 28.8. The summed E-state index contributed by atoms with van der Waals surface area (Å²) in [5.41, 5.74) is 6.41. The molecular weight excluding hydrogens is 719 g/mol. The molecule has 4 heterocycles. The number of rotatable bonds is 6. The second kappa shape index (κ2) is 20.5. The third-order valence-electron chi connectivity index (χ3n) is 6.80. The number of nitrogens with two attached hydrogens (primary N) is 1. The summed E-state index contributed by atoms with van der Waals surface area (Å²) in [5, 5.41) is 38.4. The van der Waals surface area contributed by atoms with Crippen LogP contribution in [0.15, 0.2) is 36.1 Å². The van der Waals surface area contributed by atoms with E-state index in [-0.39, 0.29) is 146 Å². The third kappa shape index (κ3) is 10.0. The summed E-state index contributed by atoms with van der Waals surface area (Å²) in [5.74, 6) is -3.16. The molecule has 0 unspecified atom stereocenters. The van der Waals surface area contributed by atoms with Gasteiger partial charge in [0.05, 0.1) is 13.0 Å². The number of hydrogen-bond acceptors (Lipinski definition) is 10. The van der Waals surface area contributed by atoms with Crippen molar-refractivity contribution in [3.63, 3.8) is 0 Å². The van der Waals surface area contributed by atoms with Crippen LogP contribution in [-0.4, -0.2) is 192 Å². The third-order valence-corrected chi connectivity index (χ3v) is 8.37. The van der Waals surface area contributed by atoms with Crippen LogP contribution in [0.2, 0.25) is 0 Å². The number of phenols is 1. The van der Waals surface area contributed by atoms with Crippen molar-refractivity contribution >= 4 is 116 Å². The van der Waals surface area contributed by atoms with Crippen LogP contribution in [0.1, 0.15) is 31.9 Å². The van der Waals surface area contributed by atoms with Crippen molar-refractivity contribution in [1.82, 2.24) is 15.1 Å². The molecule has 5 rings (SSSR count). The summed E-state index contributed by atoms with van der Waals surface area (Å²) in [4.78, 5) is 60.5. The van der Waals surface area contributed by atoms with Crippen molar-refractivity contribution in [3.8, 4) is 5.75 Å². The zero-order valence-electron chi connectivity index (χ0n) is 24.8. The smallest absolute Gasteiger partial charge is 1.00 e. The van der Waals surface area contributed by atoms with E-state index < -0.39 is 64.3 Å². The SMILES string of the molecule is CC1(C)S[C@@H]2[C@H](NC(=O)[C@H](N)c3ccc(O)cc3)C(=O)N2[C@H]1C(=O)O.O.O.O.O=C(O)[C@H]1/C(=C/CO)O[C@@H]2CC(=O)N21.[Cl-].[Cl-].[K].[Mg+2]. The van der Waals surface area contributed by atoms with E-state index in [1.807, 2.05) is 0 Å². The number of β-lactam (4-membered cyclic amide) rings is 2. The van der Waals surface area contributed by atoms with Crippen LogP contribution in [0.5, 0.6) is 5.75 Å². The molecule has 13 N–H and O–H groups in total. The number of benzene rings is 1. The first-order chi connectivity index (χ1) is 18.3. The van der Waals surface area contributed by atoms with Crippen LogP contribution in [0.3, 0.4) is 0 Å². The Bertz CT molecular complexity index is 1270. The van der Waals surface area contributed by atoms with Gasteiger partial charge in [0.25, 0.3) is 0 Å². The Morgan fingerprint density at radius 2 is 1.63 bits per heavy atom. The molecule has 22 heteroatoms. The minimum absolute atomic E-state index is 0. The van der Waals surface area contributed by atoms with Crippen LogP contribution in [0.4, 0.5) is 0 Å². The van der Waals surface area contributed by atoms with Gasteiger partial charge in [-0.3, -0.25) is 19.3 Å². The summed E-state index contributed by atoms with van der Waals surface area (Å²) < 4.78 is 4.52. The molecule has 3 amide bonds. The molecule has 1 aromatic rings. The van der Waals surface area contributed by atoms with Gasteiger partial charge >= 0.3 is 35.0 Å². The number of hydrogen-bond donors (Lipinski definition) is 6. The number of aliphatic carboxylic acids is 2. The Morgan fingerprint density at radius 3 is 2.09 bits per heavy atom. The number of halogens is 2. The number of aromatic hydroxyl groups is 1. The largest absolute Gasteiger partial charge is 2.00 e. The van der Waals surface area contributed by atoms with Gasteiger partial charge in [-0.25, -0.2) is 9.59 Å². The fraction of sp³-hybridized carbons (Fsp3) is 0.458.